The summed E-state index contributed by atoms with van der Waals surface area (Å²) in [6.07, 6.45) is 1.87. The Kier molecular flexibility index (Phi) is 1.67. The van der Waals surface area contributed by atoms with Gasteiger partial charge in [-0.3, -0.25) is 0 Å². The highest BCUT2D eigenvalue weighted by atomic mass is 32.2. The van der Waals surface area contributed by atoms with Crippen molar-refractivity contribution >= 4 is 23.1 Å². The fourth-order valence-corrected chi connectivity index (χ4v) is 3.61. The van der Waals surface area contributed by atoms with Gasteiger partial charge in [0.2, 0.25) is 0 Å². The fraction of sp³-hybridized carbons (Fsp3) is 0.100. The van der Waals surface area contributed by atoms with Gasteiger partial charge in [-0.25, -0.2) is 4.98 Å². The zero-order valence-electron chi connectivity index (χ0n) is 6.86. The monoisotopic (exact) mass is 205 g/mol. The molecule has 0 bridgehead atoms. The molecule has 2 aromatic heterocycles. The maximum atomic E-state index is 4.37. The molecule has 2 aromatic rings. The van der Waals surface area contributed by atoms with E-state index in [0.29, 0.717) is 0 Å². The molecule has 1 nitrogen and oxygen atoms in total. The van der Waals surface area contributed by atoms with Gasteiger partial charge in [0, 0.05) is 22.4 Å². The van der Waals surface area contributed by atoms with Crippen LogP contribution < -0.4 is 0 Å². The van der Waals surface area contributed by atoms with Gasteiger partial charge in [0.25, 0.3) is 0 Å². The molecule has 64 valence electrons. The van der Waals surface area contributed by atoms with Gasteiger partial charge in [0.1, 0.15) is 5.03 Å². The molecule has 0 aromatic carbocycles. The summed E-state index contributed by atoms with van der Waals surface area (Å²) in [5.41, 5.74) is 2.76. The Morgan fingerprint density at radius 3 is 3.31 bits per heavy atom. The van der Waals surface area contributed by atoms with Crippen LogP contribution in [-0.2, 0) is 5.75 Å². The van der Waals surface area contributed by atoms with Crippen LogP contribution in [0, 0.1) is 0 Å². The molecule has 0 amide bonds. The summed E-state index contributed by atoms with van der Waals surface area (Å²) in [5, 5.41) is 3.34. The molecule has 3 heterocycles. The number of thiophene rings is 1. The lowest BCUT2D eigenvalue weighted by atomic mass is 10.1. The Labute approximate surface area is 84.8 Å². The molecule has 0 spiro atoms. The van der Waals surface area contributed by atoms with Crippen LogP contribution in [-0.4, -0.2) is 4.98 Å². The zero-order chi connectivity index (χ0) is 8.67. The van der Waals surface area contributed by atoms with Gasteiger partial charge >= 0.3 is 0 Å². The largest absolute Gasteiger partial charge is 0.249 e. The Balaban J connectivity index is 2.30. The molecule has 0 atom stereocenters. The van der Waals surface area contributed by atoms with E-state index in [0.717, 1.165) is 5.75 Å². The highest BCUT2D eigenvalue weighted by molar-refractivity contribution is 7.98. The molecule has 0 saturated carbocycles. The van der Waals surface area contributed by atoms with Crippen LogP contribution in [0.5, 0.6) is 0 Å². The van der Waals surface area contributed by atoms with Gasteiger partial charge in [0.05, 0.1) is 0 Å². The Morgan fingerprint density at radius 1 is 1.31 bits per heavy atom. The third-order valence-corrected chi connectivity index (χ3v) is 4.17. The van der Waals surface area contributed by atoms with E-state index in [2.05, 4.69) is 22.5 Å². The maximum Gasteiger partial charge on any atom is 0.105 e. The van der Waals surface area contributed by atoms with E-state index in [9.17, 15) is 0 Å². The van der Waals surface area contributed by atoms with Gasteiger partial charge in [-0.1, -0.05) is 0 Å². The number of hydrogen-bond donors (Lipinski definition) is 0. The second-order valence-electron chi connectivity index (χ2n) is 2.92. The number of hydrogen-bond acceptors (Lipinski definition) is 3. The molecule has 0 fully saturated rings. The number of pyridine rings is 1. The van der Waals surface area contributed by atoms with Gasteiger partial charge in [-0.15, -0.1) is 23.1 Å². The van der Waals surface area contributed by atoms with Crippen LogP contribution in [0.15, 0.2) is 34.8 Å². The number of aromatic nitrogens is 1. The van der Waals surface area contributed by atoms with Gasteiger partial charge in [-0.05, 0) is 29.1 Å². The summed E-state index contributed by atoms with van der Waals surface area (Å²) in [6, 6.07) is 6.38. The van der Waals surface area contributed by atoms with Crippen molar-refractivity contribution in [1.29, 1.82) is 0 Å². The molecular formula is C10H7NS2. The van der Waals surface area contributed by atoms with Crippen molar-refractivity contribution in [2.24, 2.45) is 0 Å². The highest BCUT2D eigenvalue weighted by Crippen LogP contribution is 2.42. The summed E-state index contributed by atoms with van der Waals surface area (Å²) in [4.78, 5) is 5.77. The van der Waals surface area contributed by atoms with Crippen molar-refractivity contribution in [3.05, 3.63) is 35.3 Å². The third-order valence-electron chi connectivity index (χ3n) is 2.13. The van der Waals surface area contributed by atoms with Crippen LogP contribution in [0.1, 0.15) is 5.56 Å². The van der Waals surface area contributed by atoms with Crippen LogP contribution >= 0.6 is 23.1 Å². The van der Waals surface area contributed by atoms with Crippen LogP contribution in [0.4, 0.5) is 0 Å². The first-order valence-electron chi connectivity index (χ1n) is 4.10. The minimum atomic E-state index is 1.07. The predicted molar refractivity (Wildman–Crippen MR) is 57.1 cm³/mol. The van der Waals surface area contributed by atoms with E-state index >= 15 is 0 Å². The highest BCUT2D eigenvalue weighted by Gasteiger charge is 2.17. The minimum absolute atomic E-state index is 1.07. The van der Waals surface area contributed by atoms with Crippen molar-refractivity contribution < 1.29 is 0 Å². The number of fused-ring (bicyclic) bond motifs is 3. The lowest BCUT2D eigenvalue weighted by molar-refractivity contribution is 1.13. The van der Waals surface area contributed by atoms with Crippen LogP contribution in [0.25, 0.3) is 10.4 Å². The van der Waals surface area contributed by atoms with Crippen LogP contribution in [0.2, 0.25) is 0 Å². The Morgan fingerprint density at radius 2 is 2.31 bits per heavy atom. The molecule has 1 aliphatic rings. The van der Waals surface area contributed by atoms with Crippen molar-refractivity contribution in [2.45, 2.75) is 10.8 Å². The number of thioether (sulfide) groups is 1. The molecule has 0 radical (unpaired) electrons. The quantitative estimate of drug-likeness (QED) is 0.653. The van der Waals surface area contributed by atoms with Crippen molar-refractivity contribution in [3.8, 4) is 10.4 Å². The number of nitrogens with zero attached hydrogens (tertiary/aromatic N) is 1. The molecule has 0 unspecified atom stereocenters. The predicted octanol–water partition coefficient (Wildman–Crippen LogP) is 3.42. The van der Waals surface area contributed by atoms with Crippen molar-refractivity contribution in [3.63, 3.8) is 0 Å². The molecule has 0 saturated heterocycles. The summed E-state index contributed by atoms with van der Waals surface area (Å²) < 4.78 is 0. The first kappa shape index (κ1) is 7.59. The molecule has 3 heteroatoms. The first-order valence-corrected chi connectivity index (χ1v) is 5.96. The summed E-state index contributed by atoms with van der Waals surface area (Å²) in [6.45, 7) is 0. The molecule has 1 aliphatic heterocycles. The smallest absolute Gasteiger partial charge is 0.105 e. The second kappa shape index (κ2) is 2.86. The zero-order valence-corrected chi connectivity index (χ0v) is 8.49. The van der Waals surface area contributed by atoms with E-state index in [1.54, 1.807) is 0 Å². The van der Waals surface area contributed by atoms with E-state index < -0.39 is 0 Å². The topological polar surface area (TPSA) is 12.9 Å². The summed E-state index contributed by atoms with van der Waals surface area (Å²) >= 11 is 3.65. The molecule has 0 aliphatic carbocycles. The molecular weight excluding hydrogens is 198 g/mol. The minimum Gasteiger partial charge on any atom is -0.249 e. The lowest BCUT2D eigenvalue weighted by Gasteiger charge is -2.13. The summed E-state index contributed by atoms with van der Waals surface area (Å²) in [5.74, 6) is 1.07. The van der Waals surface area contributed by atoms with Gasteiger partial charge in [0.15, 0.2) is 0 Å². The standard InChI is InChI=1S/C10H7NS2/c1-2-8-9-7(3-5-12-9)6-13-10(8)11-4-1/h1-5H,6H2. The average Bonchev–Trinajstić information content (AvgIpc) is 2.65. The Hall–Kier alpha value is -0.800. The van der Waals surface area contributed by atoms with Crippen LogP contribution in [0.3, 0.4) is 0 Å². The van der Waals surface area contributed by atoms with Gasteiger partial charge < -0.3 is 0 Å². The Bertz CT molecular complexity index is 448. The van der Waals surface area contributed by atoms with Gasteiger partial charge in [-0.2, -0.15) is 0 Å². The normalized spacial score (nSPS) is 13.5. The number of rotatable bonds is 0. The fourth-order valence-electron chi connectivity index (χ4n) is 1.51. The van der Waals surface area contributed by atoms with E-state index in [1.807, 2.05) is 35.4 Å². The molecule has 3 rings (SSSR count). The third kappa shape index (κ3) is 1.11. The maximum absolute atomic E-state index is 4.37. The van der Waals surface area contributed by atoms with E-state index in [4.69, 9.17) is 0 Å². The van der Waals surface area contributed by atoms with E-state index in [1.165, 1.54) is 21.0 Å². The lowest BCUT2D eigenvalue weighted by Crippen LogP contribution is -1.93. The second-order valence-corrected chi connectivity index (χ2v) is 4.80. The molecule has 13 heavy (non-hydrogen) atoms. The van der Waals surface area contributed by atoms with E-state index in [-0.39, 0.29) is 0 Å². The SMILES string of the molecule is c1cnc2c(c1)-c1sccc1CS2. The first-order chi connectivity index (χ1) is 6.45. The average molecular weight is 205 g/mol. The molecule has 0 N–H and O–H groups in total. The van der Waals surface area contributed by atoms with Crippen molar-refractivity contribution in [1.82, 2.24) is 4.98 Å². The summed E-state index contributed by atoms with van der Waals surface area (Å²) in [7, 11) is 0. The van der Waals surface area contributed by atoms with Crippen molar-refractivity contribution in [2.75, 3.05) is 0 Å².